The molecule has 1 heterocycles. The highest BCUT2D eigenvalue weighted by Crippen LogP contribution is 2.48. The van der Waals surface area contributed by atoms with Crippen molar-refractivity contribution in [2.24, 2.45) is 11.3 Å². The van der Waals surface area contributed by atoms with Gasteiger partial charge >= 0.3 is 5.97 Å². The first-order chi connectivity index (χ1) is 8.69. The van der Waals surface area contributed by atoms with E-state index in [4.69, 9.17) is 9.47 Å². The van der Waals surface area contributed by atoms with Crippen LogP contribution in [0.2, 0.25) is 0 Å². The van der Waals surface area contributed by atoms with E-state index in [9.17, 15) is 9.90 Å². The Morgan fingerprint density at radius 2 is 2.21 bits per heavy atom. The SMILES string of the molecule is COCCOCCN1C[C@@H]2CCC[C@@]2(C(=O)O)C1.Cl. The van der Waals surface area contributed by atoms with E-state index in [1.165, 1.54) is 0 Å². The van der Waals surface area contributed by atoms with E-state index >= 15 is 0 Å². The predicted octanol–water partition coefficient (Wildman–Crippen LogP) is 1.26. The number of carbonyl (C=O) groups is 1. The molecule has 0 aromatic heterocycles. The van der Waals surface area contributed by atoms with Gasteiger partial charge < -0.3 is 14.6 Å². The number of ether oxygens (including phenoxy) is 2. The molecule has 6 heteroatoms. The van der Waals surface area contributed by atoms with Crippen molar-refractivity contribution in [3.8, 4) is 0 Å². The van der Waals surface area contributed by atoms with E-state index in [0.717, 1.165) is 32.4 Å². The predicted molar refractivity (Wildman–Crippen MR) is 73.8 cm³/mol. The molecule has 0 aromatic rings. The van der Waals surface area contributed by atoms with Crippen LogP contribution in [0, 0.1) is 11.3 Å². The molecule has 2 atom stereocenters. The van der Waals surface area contributed by atoms with Crippen molar-refractivity contribution in [1.82, 2.24) is 4.90 Å². The minimum absolute atomic E-state index is 0. The Morgan fingerprint density at radius 1 is 1.42 bits per heavy atom. The number of aliphatic carboxylic acids is 1. The van der Waals surface area contributed by atoms with Gasteiger partial charge in [-0.1, -0.05) is 6.42 Å². The van der Waals surface area contributed by atoms with E-state index in [2.05, 4.69) is 4.90 Å². The van der Waals surface area contributed by atoms with E-state index in [0.29, 0.717) is 32.3 Å². The van der Waals surface area contributed by atoms with E-state index in [1.807, 2.05) is 0 Å². The van der Waals surface area contributed by atoms with Crippen LogP contribution in [0.4, 0.5) is 0 Å². The lowest BCUT2D eigenvalue weighted by Crippen LogP contribution is -2.36. The summed E-state index contributed by atoms with van der Waals surface area (Å²) < 4.78 is 10.3. The molecular weight excluding hydrogens is 270 g/mol. The van der Waals surface area contributed by atoms with Gasteiger partial charge in [0.1, 0.15) is 0 Å². The maximum absolute atomic E-state index is 11.5. The van der Waals surface area contributed by atoms with Gasteiger partial charge in [0.2, 0.25) is 0 Å². The monoisotopic (exact) mass is 293 g/mol. The largest absolute Gasteiger partial charge is 0.481 e. The topological polar surface area (TPSA) is 59.0 Å². The second-order valence-electron chi connectivity index (χ2n) is 5.39. The number of carboxylic acids is 1. The van der Waals surface area contributed by atoms with Crippen molar-refractivity contribution in [2.45, 2.75) is 19.3 Å². The van der Waals surface area contributed by atoms with Gasteiger partial charge in [0.05, 0.1) is 25.2 Å². The molecule has 19 heavy (non-hydrogen) atoms. The molecule has 1 saturated heterocycles. The molecule has 1 N–H and O–H groups in total. The zero-order chi connectivity index (χ0) is 13.0. The second-order valence-corrected chi connectivity index (χ2v) is 5.39. The van der Waals surface area contributed by atoms with Crippen LogP contribution < -0.4 is 0 Å². The summed E-state index contributed by atoms with van der Waals surface area (Å²) in [5, 5.41) is 9.46. The van der Waals surface area contributed by atoms with Crippen molar-refractivity contribution in [3.05, 3.63) is 0 Å². The fourth-order valence-electron chi connectivity index (χ4n) is 3.35. The number of carboxylic acid groups (broad SMARTS) is 1. The molecule has 0 amide bonds. The molecule has 2 aliphatic rings. The van der Waals surface area contributed by atoms with E-state index < -0.39 is 11.4 Å². The van der Waals surface area contributed by atoms with Crippen LogP contribution in [-0.2, 0) is 14.3 Å². The molecule has 0 spiro atoms. The number of hydrogen-bond donors (Lipinski definition) is 1. The maximum Gasteiger partial charge on any atom is 0.311 e. The molecule has 112 valence electrons. The van der Waals surface area contributed by atoms with E-state index in [1.54, 1.807) is 7.11 Å². The first-order valence-electron chi connectivity index (χ1n) is 6.71. The number of methoxy groups -OCH3 is 1. The third-order valence-corrected chi connectivity index (χ3v) is 4.35. The molecule has 1 aliphatic heterocycles. The van der Waals surface area contributed by atoms with Crippen LogP contribution in [0.3, 0.4) is 0 Å². The Morgan fingerprint density at radius 3 is 2.84 bits per heavy atom. The Kier molecular flexibility index (Phi) is 6.53. The molecule has 2 fully saturated rings. The van der Waals surface area contributed by atoms with Gasteiger partial charge in [0.15, 0.2) is 0 Å². The van der Waals surface area contributed by atoms with Gasteiger partial charge in [0, 0.05) is 26.7 Å². The lowest BCUT2D eigenvalue weighted by molar-refractivity contribution is -0.149. The zero-order valence-corrected chi connectivity index (χ0v) is 12.3. The second kappa shape index (κ2) is 7.43. The number of likely N-dealkylation sites (tertiary alicyclic amines) is 1. The molecule has 5 nitrogen and oxygen atoms in total. The minimum atomic E-state index is -0.604. The van der Waals surface area contributed by atoms with Crippen LogP contribution in [0.1, 0.15) is 19.3 Å². The summed E-state index contributed by atoms with van der Waals surface area (Å²) in [6.07, 6.45) is 2.97. The summed E-state index contributed by atoms with van der Waals surface area (Å²) in [5.74, 6) is -0.262. The Bertz CT molecular complexity index is 302. The zero-order valence-electron chi connectivity index (χ0n) is 11.5. The molecule has 0 radical (unpaired) electrons. The summed E-state index contributed by atoms with van der Waals surface area (Å²) in [7, 11) is 1.65. The molecule has 1 aliphatic carbocycles. The van der Waals surface area contributed by atoms with Crippen LogP contribution in [-0.4, -0.2) is 62.5 Å². The fourth-order valence-corrected chi connectivity index (χ4v) is 3.35. The molecule has 0 bridgehead atoms. The first-order valence-corrected chi connectivity index (χ1v) is 6.71. The smallest absolute Gasteiger partial charge is 0.311 e. The van der Waals surface area contributed by atoms with Gasteiger partial charge in [-0.05, 0) is 18.8 Å². The number of fused-ring (bicyclic) bond motifs is 1. The highest BCUT2D eigenvalue weighted by Gasteiger charge is 2.54. The molecular formula is C13H24ClNO4. The summed E-state index contributed by atoms with van der Waals surface area (Å²) in [6, 6.07) is 0. The summed E-state index contributed by atoms with van der Waals surface area (Å²) in [6.45, 7) is 4.32. The average molecular weight is 294 g/mol. The number of nitrogens with zero attached hydrogens (tertiary/aromatic N) is 1. The molecule has 0 unspecified atom stereocenters. The lowest BCUT2D eigenvalue weighted by atomic mass is 9.81. The van der Waals surface area contributed by atoms with Gasteiger partial charge in [0.25, 0.3) is 0 Å². The Balaban J connectivity index is 0.00000180. The quantitative estimate of drug-likeness (QED) is 0.716. The fraction of sp³-hybridized carbons (Fsp3) is 0.923. The van der Waals surface area contributed by atoms with Gasteiger partial charge in [-0.3, -0.25) is 9.69 Å². The lowest BCUT2D eigenvalue weighted by Gasteiger charge is -2.23. The normalized spacial score (nSPS) is 30.1. The van der Waals surface area contributed by atoms with Crippen molar-refractivity contribution in [1.29, 1.82) is 0 Å². The first kappa shape index (κ1) is 16.7. The van der Waals surface area contributed by atoms with Gasteiger partial charge in [-0.15, -0.1) is 12.4 Å². The van der Waals surface area contributed by atoms with Crippen LogP contribution in [0.15, 0.2) is 0 Å². The number of rotatable bonds is 7. The standard InChI is InChI=1S/C13H23NO4.ClH/c1-17-7-8-18-6-5-14-9-11-3-2-4-13(11,10-14)12(15)16;/h11H,2-10H2,1H3,(H,15,16);1H/t11-,13+;/m0./s1. The number of halogens is 1. The third kappa shape index (κ3) is 3.60. The van der Waals surface area contributed by atoms with Gasteiger partial charge in [-0.25, -0.2) is 0 Å². The van der Waals surface area contributed by atoms with Crippen LogP contribution >= 0.6 is 12.4 Å². The third-order valence-electron chi connectivity index (χ3n) is 4.35. The molecule has 0 aromatic carbocycles. The van der Waals surface area contributed by atoms with Crippen molar-refractivity contribution in [2.75, 3.05) is 46.6 Å². The Labute approximate surface area is 120 Å². The Hall–Kier alpha value is -0.360. The molecule has 2 rings (SSSR count). The van der Waals surface area contributed by atoms with Gasteiger partial charge in [-0.2, -0.15) is 0 Å². The van der Waals surface area contributed by atoms with Crippen molar-refractivity contribution in [3.63, 3.8) is 0 Å². The summed E-state index contributed by atoms with van der Waals surface area (Å²) >= 11 is 0. The average Bonchev–Trinajstić information content (AvgIpc) is 2.86. The highest BCUT2D eigenvalue weighted by molar-refractivity contribution is 5.85. The van der Waals surface area contributed by atoms with Crippen LogP contribution in [0.5, 0.6) is 0 Å². The molecule has 1 saturated carbocycles. The summed E-state index contributed by atoms with van der Waals surface area (Å²) in [5.41, 5.74) is -0.466. The minimum Gasteiger partial charge on any atom is -0.481 e. The van der Waals surface area contributed by atoms with Crippen molar-refractivity contribution < 1.29 is 19.4 Å². The van der Waals surface area contributed by atoms with E-state index in [-0.39, 0.29) is 12.4 Å². The van der Waals surface area contributed by atoms with Crippen molar-refractivity contribution >= 4 is 18.4 Å². The maximum atomic E-state index is 11.5. The summed E-state index contributed by atoms with van der Waals surface area (Å²) in [4.78, 5) is 13.7. The highest BCUT2D eigenvalue weighted by atomic mass is 35.5. The van der Waals surface area contributed by atoms with Crippen LogP contribution in [0.25, 0.3) is 0 Å². The number of hydrogen-bond acceptors (Lipinski definition) is 4.